The smallest absolute Gasteiger partial charge is 0.232 e. The molecule has 26 heavy (non-hydrogen) atoms. The van der Waals surface area contributed by atoms with Crippen molar-refractivity contribution in [2.75, 3.05) is 18.5 Å². The molecule has 0 fully saturated rings. The summed E-state index contributed by atoms with van der Waals surface area (Å²) in [5, 5.41) is 7.53. The number of amides is 1. The molecule has 0 aliphatic carbocycles. The fourth-order valence-electron chi connectivity index (χ4n) is 1.88. The Morgan fingerprint density at radius 3 is 2.35 bits per heavy atom. The third-order valence-electron chi connectivity index (χ3n) is 3.01. The molecule has 0 saturated carbocycles. The number of nitrogens with zero attached hydrogens (tertiary/aromatic N) is 1. The summed E-state index contributed by atoms with van der Waals surface area (Å²) in [4.78, 5) is 16.9. The number of carbonyl (C=O) groups excluding carboxylic acids is 1. The number of hydrogen-bond acceptors (Lipinski definition) is 4. The van der Waals surface area contributed by atoms with Gasteiger partial charge in [-0.25, -0.2) is 0 Å². The van der Waals surface area contributed by atoms with Gasteiger partial charge in [0, 0.05) is 0 Å². The van der Waals surface area contributed by atoms with Crippen molar-refractivity contribution < 1.29 is 14.4 Å². The number of rotatable bonds is 8. The van der Waals surface area contributed by atoms with E-state index >= 15 is 0 Å². The molecule has 0 saturated heterocycles. The van der Waals surface area contributed by atoms with Gasteiger partial charge in [-0.3, -0.25) is 4.79 Å². The van der Waals surface area contributed by atoms with Gasteiger partial charge in [-0.2, -0.15) is 0 Å². The summed E-state index contributed by atoms with van der Waals surface area (Å²) in [7, 11) is 0. The molecule has 1 amide bonds. The van der Waals surface area contributed by atoms with E-state index in [-0.39, 0.29) is 31.4 Å². The van der Waals surface area contributed by atoms with Crippen molar-refractivity contribution in [3.63, 3.8) is 0 Å². The SMILES string of the molecule is N/C(CC(=O)Nc1ccccc1Cl)=N/OCCOc1c(Cl)cccc1Cl. The van der Waals surface area contributed by atoms with Crippen molar-refractivity contribution in [2.45, 2.75) is 6.42 Å². The Morgan fingerprint density at radius 1 is 1.00 bits per heavy atom. The second kappa shape index (κ2) is 10.1. The predicted molar refractivity (Wildman–Crippen MR) is 104 cm³/mol. The number of amidine groups is 1. The Hall–Kier alpha value is -2.15. The molecular weight excluding hydrogens is 401 g/mol. The normalized spacial score (nSPS) is 11.1. The predicted octanol–water partition coefficient (Wildman–Crippen LogP) is 4.34. The van der Waals surface area contributed by atoms with Gasteiger partial charge in [0.2, 0.25) is 5.91 Å². The lowest BCUT2D eigenvalue weighted by Crippen LogP contribution is -2.22. The second-order valence-corrected chi connectivity index (χ2v) is 6.24. The van der Waals surface area contributed by atoms with Gasteiger partial charge in [-0.15, -0.1) is 0 Å². The van der Waals surface area contributed by atoms with Crippen LogP contribution in [0.15, 0.2) is 47.6 Å². The molecule has 0 bridgehead atoms. The summed E-state index contributed by atoms with van der Waals surface area (Å²) >= 11 is 17.9. The van der Waals surface area contributed by atoms with E-state index in [2.05, 4.69) is 10.5 Å². The third-order valence-corrected chi connectivity index (χ3v) is 3.94. The minimum atomic E-state index is -0.359. The lowest BCUT2D eigenvalue weighted by atomic mass is 10.3. The van der Waals surface area contributed by atoms with E-state index in [1.54, 1.807) is 42.5 Å². The van der Waals surface area contributed by atoms with Crippen LogP contribution in [0.1, 0.15) is 6.42 Å². The molecule has 9 heteroatoms. The first-order chi connectivity index (χ1) is 12.5. The van der Waals surface area contributed by atoms with Crippen molar-refractivity contribution in [1.82, 2.24) is 0 Å². The van der Waals surface area contributed by atoms with E-state index in [0.717, 1.165) is 0 Å². The highest BCUT2D eigenvalue weighted by Gasteiger charge is 2.08. The van der Waals surface area contributed by atoms with Crippen LogP contribution < -0.4 is 15.8 Å². The van der Waals surface area contributed by atoms with Crippen molar-refractivity contribution in [2.24, 2.45) is 10.9 Å². The number of oxime groups is 1. The molecule has 138 valence electrons. The Balaban J connectivity index is 1.73. The van der Waals surface area contributed by atoms with Crippen molar-refractivity contribution in [3.05, 3.63) is 57.5 Å². The number of benzene rings is 2. The fourth-order valence-corrected chi connectivity index (χ4v) is 2.57. The quantitative estimate of drug-likeness (QED) is 0.290. The van der Waals surface area contributed by atoms with E-state index in [9.17, 15) is 4.79 Å². The number of hydrogen-bond donors (Lipinski definition) is 2. The van der Waals surface area contributed by atoms with Crippen LogP contribution in [0.5, 0.6) is 5.75 Å². The Kier molecular flexibility index (Phi) is 7.84. The van der Waals surface area contributed by atoms with E-state index in [1.165, 1.54) is 0 Å². The monoisotopic (exact) mass is 415 g/mol. The van der Waals surface area contributed by atoms with Crippen molar-refractivity contribution >= 4 is 52.2 Å². The van der Waals surface area contributed by atoms with Crippen LogP contribution in [0.2, 0.25) is 15.1 Å². The van der Waals surface area contributed by atoms with E-state index < -0.39 is 0 Å². The van der Waals surface area contributed by atoms with Gasteiger partial charge >= 0.3 is 0 Å². The minimum absolute atomic E-state index is 0.0188. The molecule has 0 aliphatic heterocycles. The summed E-state index contributed by atoms with van der Waals surface area (Å²) in [6.45, 7) is 0.264. The van der Waals surface area contributed by atoms with E-state index in [4.69, 9.17) is 50.1 Å². The second-order valence-electron chi connectivity index (χ2n) is 5.02. The maximum atomic E-state index is 11.9. The van der Waals surface area contributed by atoms with Crippen LogP contribution in [0.25, 0.3) is 0 Å². The van der Waals surface area contributed by atoms with E-state index in [0.29, 0.717) is 26.5 Å². The van der Waals surface area contributed by atoms with Gasteiger partial charge in [0.15, 0.2) is 12.4 Å². The number of halogens is 3. The van der Waals surface area contributed by atoms with Crippen LogP contribution in [0.4, 0.5) is 5.69 Å². The van der Waals surface area contributed by atoms with Gasteiger partial charge in [0.1, 0.15) is 12.4 Å². The van der Waals surface area contributed by atoms with Crippen LogP contribution >= 0.6 is 34.8 Å². The lowest BCUT2D eigenvalue weighted by Gasteiger charge is -2.09. The fraction of sp³-hybridized carbons (Fsp3) is 0.176. The molecule has 2 aromatic rings. The number of carbonyl (C=O) groups is 1. The van der Waals surface area contributed by atoms with Crippen LogP contribution in [0.3, 0.4) is 0 Å². The molecule has 0 aliphatic rings. The van der Waals surface area contributed by atoms with Crippen molar-refractivity contribution in [1.29, 1.82) is 0 Å². The number of nitrogens with one attached hydrogen (secondary N) is 1. The Labute approximate surface area is 165 Å². The number of para-hydroxylation sites is 2. The van der Waals surface area contributed by atoms with Crippen LogP contribution in [0, 0.1) is 0 Å². The molecule has 2 rings (SSSR count). The highest BCUT2D eigenvalue weighted by molar-refractivity contribution is 6.37. The molecule has 2 aromatic carbocycles. The zero-order valence-electron chi connectivity index (χ0n) is 13.5. The number of ether oxygens (including phenoxy) is 1. The molecule has 3 N–H and O–H groups in total. The maximum Gasteiger partial charge on any atom is 0.232 e. The molecule has 0 spiro atoms. The van der Waals surface area contributed by atoms with Gasteiger partial charge < -0.3 is 20.6 Å². The number of nitrogens with two attached hydrogens (primary N) is 1. The lowest BCUT2D eigenvalue weighted by molar-refractivity contribution is -0.115. The van der Waals surface area contributed by atoms with E-state index in [1.807, 2.05) is 0 Å². The van der Waals surface area contributed by atoms with Gasteiger partial charge in [0.25, 0.3) is 0 Å². The topological polar surface area (TPSA) is 85.9 Å². The van der Waals surface area contributed by atoms with Crippen LogP contribution in [-0.4, -0.2) is 25.0 Å². The summed E-state index contributed by atoms with van der Waals surface area (Å²) in [6.07, 6.45) is -0.136. The molecule has 0 radical (unpaired) electrons. The first-order valence-electron chi connectivity index (χ1n) is 7.53. The summed E-state index contributed by atoms with van der Waals surface area (Å²) in [5.74, 6) is 0.0304. The molecule has 0 atom stereocenters. The Morgan fingerprint density at radius 2 is 1.65 bits per heavy atom. The minimum Gasteiger partial charge on any atom is -0.487 e. The molecular formula is C17H16Cl3N3O3. The summed E-state index contributed by atoms with van der Waals surface area (Å²) in [5.41, 5.74) is 6.15. The first-order valence-corrected chi connectivity index (χ1v) is 8.66. The average Bonchev–Trinajstić information content (AvgIpc) is 2.59. The number of anilines is 1. The maximum absolute atomic E-state index is 11.9. The average molecular weight is 417 g/mol. The Bertz CT molecular complexity index is 780. The zero-order valence-corrected chi connectivity index (χ0v) is 15.8. The molecule has 6 nitrogen and oxygen atoms in total. The van der Waals surface area contributed by atoms with Crippen molar-refractivity contribution in [3.8, 4) is 5.75 Å². The summed E-state index contributed by atoms with van der Waals surface area (Å²) < 4.78 is 5.43. The first kappa shape index (κ1) is 20.2. The third kappa shape index (κ3) is 6.29. The zero-order chi connectivity index (χ0) is 18.9. The highest BCUT2D eigenvalue weighted by Crippen LogP contribution is 2.32. The van der Waals surface area contributed by atoms with Gasteiger partial charge in [-0.05, 0) is 24.3 Å². The van der Waals surface area contributed by atoms with Crippen LogP contribution in [-0.2, 0) is 9.63 Å². The summed E-state index contributed by atoms with van der Waals surface area (Å²) in [6, 6.07) is 11.9. The highest BCUT2D eigenvalue weighted by atomic mass is 35.5. The van der Waals surface area contributed by atoms with Gasteiger partial charge in [-0.1, -0.05) is 58.2 Å². The molecule has 0 heterocycles. The molecule has 0 unspecified atom stereocenters. The standard InChI is InChI=1S/C17H16Cl3N3O3/c18-11-4-1-2-7-14(11)22-16(24)10-15(21)23-26-9-8-25-17-12(19)5-3-6-13(17)20/h1-7H,8-10H2,(H2,21,23)(H,22,24). The molecule has 0 aromatic heterocycles. The largest absolute Gasteiger partial charge is 0.487 e. The van der Waals surface area contributed by atoms with Gasteiger partial charge in [0.05, 0.1) is 27.2 Å².